The van der Waals surface area contributed by atoms with Crippen LogP contribution in [0.25, 0.3) is 0 Å². The molecule has 3 unspecified atom stereocenters. The maximum absolute atomic E-state index is 10.8. The molecule has 120 valence electrons. The average Bonchev–Trinajstić information content (AvgIpc) is 2.49. The van der Waals surface area contributed by atoms with Crippen molar-refractivity contribution < 1.29 is 14.9 Å². The number of phenolic OH excluding ortho intramolecular Hbond substituents is 1. The number of hydrogen-bond donors (Lipinski definition) is 3. The van der Waals surface area contributed by atoms with Crippen LogP contribution < -0.4 is 10.1 Å². The van der Waals surface area contributed by atoms with Gasteiger partial charge in [-0.15, -0.1) is 6.58 Å². The van der Waals surface area contributed by atoms with Crippen LogP contribution in [0.1, 0.15) is 30.9 Å². The van der Waals surface area contributed by atoms with E-state index in [9.17, 15) is 10.2 Å². The Labute approximate surface area is 131 Å². The molecule has 2 bridgehead atoms. The standard InChI is InChI=1S/C18H25NO3/c1-4-13(20)10-18-7-8-19-14(11(18)2)9-12-5-6-15(22-3)17(21)16(12)18/h4-6,11,13-14,19-21H,1,7-10H2,2-3H3/t11?,13?,14?,18-/m0/s1. The second kappa shape index (κ2) is 5.60. The minimum Gasteiger partial charge on any atom is -0.504 e. The molecule has 4 heteroatoms. The van der Waals surface area contributed by atoms with E-state index in [1.54, 1.807) is 13.2 Å². The lowest BCUT2D eigenvalue weighted by molar-refractivity contribution is 0.0807. The highest BCUT2D eigenvalue weighted by molar-refractivity contribution is 5.56. The van der Waals surface area contributed by atoms with Gasteiger partial charge in [0.2, 0.25) is 0 Å². The van der Waals surface area contributed by atoms with Crippen LogP contribution in [0.5, 0.6) is 11.5 Å². The van der Waals surface area contributed by atoms with Crippen molar-refractivity contribution in [2.24, 2.45) is 5.92 Å². The smallest absolute Gasteiger partial charge is 0.161 e. The quantitative estimate of drug-likeness (QED) is 0.746. The lowest BCUT2D eigenvalue weighted by Crippen LogP contribution is -2.58. The number of aromatic hydroxyl groups is 1. The number of methoxy groups -OCH3 is 1. The minimum absolute atomic E-state index is 0.239. The van der Waals surface area contributed by atoms with E-state index in [1.165, 1.54) is 0 Å². The first-order valence-electron chi connectivity index (χ1n) is 7.97. The second-order valence-corrected chi connectivity index (χ2v) is 6.62. The van der Waals surface area contributed by atoms with Gasteiger partial charge in [-0.3, -0.25) is 0 Å². The summed E-state index contributed by atoms with van der Waals surface area (Å²) in [7, 11) is 1.57. The van der Waals surface area contributed by atoms with Crippen LogP contribution in [0.2, 0.25) is 0 Å². The molecule has 0 aromatic heterocycles. The zero-order chi connectivity index (χ0) is 15.9. The fraction of sp³-hybridized carbons (Fsp3) is 0.556. The highest BCUT2D eigenvalue weighted by Gasteiger charge is 2.50. The summed E-state index contributed by atoms with van der Waals surface area (Å²) in [6, 6.07) is 4.26. The predicted molar refractivity (Wildman–Crippen MR) is 86.4 cm³/mol. The first-order chi connectivity index (χ1) is 10.5. The molecule has 2 aliphatic rings. The number of nitrogens with one attached hydrogen (secondary N) is 1. The van der Waals surface area contributed by atoms with Gasteiger partial charge in [0.25, 0.3) is 0 Å². The van der Waals surface area contributed by atoms with Gasteiger partial charge in [-0.1, -0.05) is 19.1 Å². The van der Waals surface area contributed by atoms with Gasteiger partial charge in [0.15, 0.2) is 11.5 Å². The van der Waals surface area contributed by atoms with Crippen LogP contribution in [0.3, 0.4) is 0 Å². The van der Waals surface area contributed by atoms with Gasteiger partial charge in [0, 0.05) is 17.0 Å². The molecule has 0 saturated carbocycles. The number of benzene rings is 1. The van der Waals surface area contributed by atoms with Crippen LogP contribution in [0.4, 0.5) is 0 Å². The molecular weight excluding hydrogens is 278 g/mol. The molecule has 1 aromatic rings. The summed E-state index contributed by atoms with van der Waals surface area (Å²) in [6.45, 7) is 6.83. The Morgan fingerprint density at radius 1 is 1.55 bits per heavy atom. The summed E-state index contributed by atoms with van der Waals surface area (Å²) < 4.78 is 5.31. The van der Waals surface area contributed by atoms with E-state index in [1.807, 2.05) is 6.07 Å². The van der Waals surface area contributed by atoms with E-state index in [0.29, 0.717) is 24.1 Å². The highest BCUT2D eigenvalue weighted by Crippen LogP contribution is 2.54. The lowest BCUT2D eigenvalue weighted by atomic mass is 9.56. The Balaban J connectivity index is 2.19. The molecule has 4 nitrogen and oxygen atoms in total. The molecule has 0 amide bonds. The van der Waals surface area contributed by atoms with E-state index in [4.69, 9.17) is 4.74 Å². The molecular formula is C18H25NO3. The van der Waals surface area contributed by atoms with Crippen molar-refractivity contribution in [3.8, 4) is 11.5 Å². The van der Waals surface area contributed by atoms with Gasteiger partial charge in [-0.25, -0.2) is 0 Å². The van der Waals surface area contributed by atoms with Crippen LogP contribution >= 0.6 is 0 Å². The molecule has 1 aliphatic heterocycles. The molecule has 0 spiro atoms. The molecule has 3 rings (SSSR count). The molecule has 4 atom stereocenters. The maximum Gasteiger partial charge on any atom is 0.161 e. The van der Waals surface area contributed by atoms with E-state index < -0.39 is 6.10 Å². The van der Waals surface area contributed by atoms with Gasteiger partial charge < -0.3 is 20.3 Å². The van der Waals surface area contributed by atoms with Crippen molar-refractivity contribution in [3.63, 3.8) is 0 Å². The van der Waals surface area contributed by atoms with Crippen molar-refractivity contribution in [3.05, 3.63) is 35.9 Å². The molecule has 22 heavy (non-hydrogen) atoms. The summed E-state index contributed by atoms with van der Waals surface area (Å²) in [6.07, 6.45) is 3.40. The number of aliphatic hydroxyl groups excluding tert-OH is 1. The normalized spacial score (nSPS) is 31.2. The van der Waals surface area contributed by atoms with E-state index in [2.05, 4.69) is 24.9 Å². The van der Waals surface area contributed by atoms with Crippen molar-refractivity contribution >= 4 is 0 Å². The molecule has 0 radical (unpaired) electrons. The number of rotatable bonds is 4. The summed E-state index contributed by atoms with van der Waals surface area (Å²) in [5.74, 6) is 1.08. The van der Waals surface area contributed by atoms with Gasteiger partial charge in [0.05, 0.1) is 13.2 Å². The third-order valence-corrected chi connectivity index (χ3v) is 5.68. The van der Waals surface area contributed by atoms with Gasteiger partial charge >= 0.3 is 0 Å². The Hall–Kier alpha value is -1.52. The van der Waals surface area contributed by atoms with E-state index >= 15 is 0 Å². The molecule has 1 heterocycles. The van der Waals surface area contributed by atoms with Gasteiger partial charge in [-0.05, 0) is 43.4 Å². The Kier molecular flexibility index (Phi) is 3.91. The number of hydrogen-bond acceptors (Lipinski definition) is 4. The third kappa shape index (κ3) is 2.13. The number of piperidine rings is 1. The summed E-state index contributed by atoms with van der Waals surface area (Å²) in [4.78, 5) is 0. The third-order valence-electron chi connectivity index (χ3n) is 5.68. The first-order valence-corrected chi connectivity index (χ1v) is 7.97. The minimum atomic E-state index is -0.572. The Morgan fingerprint density at radius 2 is 2.32 bits per heavy atom. The monoisotopic (exact) mass is 303 g/mol. The summed E-state index contributed by atoms with van der Waals surface area (Å²) >= 11 is 0. The topological polar surface area (TPSA) is 61.7 Å². The number of phenols is 1. The van der Waals surface area contributed by atoms with Gasteiger partial charge in [-0.2, -0.15) is 0 Å². The number of fused-ring (bicyclic) bond motifs is 4. The zero-order valence-electron chi connectivity index (χ0n) is 13.3. The van der Waals surface area contributed by atoms with Crippen LogP contribution in [-0.2, 0) is 11.8 Å². The molecule has 3 N–H and O–H groups in total. The van der Waals surface area contributed by atoms with Crippen molar-refractivity contribution in [2.45, 2.75) is 43.7 Å². The molecule has 1 aliphatic carbocycles. The van der Waals surface area contributed by atoms with Crippen molar-refractivity contribution in [2.75, 3.05) is 13.7 Å². The molecule has 1 fully saturated rings. The van der Waals surface area contributed by atoms with Crippen LogP contribution in [0, 0.1) is 5.92 Å². The van der Waals surface area contributed by atoms with E-state index in [0.717, 1.165) is 30.5 Å². The first kappa shape index (κ1) is 15.4. The largest absolute Gasteiger partial charge is 0.504 e. The molecule has 1 aromatic carbocycles. The van der Waals surface area contributed by atoms with Crippen LogP contribution in [-0.4, -0.2) is 36.0 Å². The Morgan fingerprint density at radius 3 is 3.00 bits per heavy atom. The summed E-state index contributed by atoms with van der Waals surface area (Å²) in [5.41, 5.74) is 1.89. The van der Waals surface area contributed by atoms with E-state index in [-0.39, 0.29) is 11.2 Å². The fourth-order valence-electron chi connectivity index (χ4n) is 4.46. The zero-order valence-corrected chi connectivity index (χ0v) is 13.3. The van der Waals surface area contributed by atoms with Crippen LogP contribution in [0.15, 0.2) is 24.8 Å². The van der Waals surface area contributed by atoms with Crippen molar-refractivity contribution in [1.82, 2.24) is 5.32 Å². The number of ether oxygens (including phenoxy) is 1. The van der Waals surface area contributed by atoms with Crippen molar-refractivity contribution in [1.29, 1.82) is 0 Å². The average molecular weight is 303 g/mol. The predicted octanol–water partition coefficient (Wildman–Crippen LogP) is 2.13. The maximum atomic E-state index is 10.8. The highest BCUT2D eigenvalue weighted by atomic mass is 16.5. The molecule has 1 saturated heterocycles. The lowest BCUT2D eigenvalue weighted by Gasteiger charge is -2.53. The SMILES string of the molecule is C=CC(O)C[C@]12CCNC(Cc3ccc(OC)c(O)c31)C2C. The fourth-order valence-corrected chi connectivity index (χ4v) is 4.46. The van der Waals surface area contributed by atoms with Gasteiger partial charge in [0.1, 0.15) is 0 Å². The number of aliphatic hydroxyl groups is 1. The summed E-state index contributed by atoms with van der Waals surface area (Å²) in [5, 5.41) is 24.6. The Bertz CT molecular complexity index is 586. The second-order valence-electron chi connectivity index (χ2n) is 6.62.